The second kappa shape index (κ2) is 5.45. The fraction of sp³-hybridized carbons (Fsp3) is 0.333. The predicted octanol–water partition coefficient (Wildman–Crippen LogP) is 0.988. The summed E-state index contributed by atoms with van der Waals surface area (Å²) in [7, 11) is 1.67. The summed E-state index contributed by atoms with van der Waals surface area (Å²) in [4.78, 5) is 4.08. The van der Waals surface area contributed by atoms with Crippen molar-refractivity contribution in [3.05, 3.63) is 42.0 Å². The summed E-state index contributed by atoms with van der Waals surface area (Å²) in [5.74, 6) is 1.56. The molecule has 0 spiro atoms. The van der Waals surface area contributed by atoms with E-state index in [-0.39, 0.29) is 0 Å². The summed E-state index contributed by atoms with van der Waals surface area (Å²) in [6, 6.07) is 8.03. The minimum Gasteiger partial charge on any atom is -0.497 e. The van der Waals surface area contributed by atoms with Gasteiger partial charge in [-0.1, -0.05) is 12.1 Å². The number of aryl methyl sites for hydroxylation is 2. The molecule has 1 heterocycles. The largest absolute Gasteiger partial charge is 0.497 e. The Balaban J connectivity index is 1.92. The lowest BCUT2D eigenvalue weighted by Gasteiger charge is -2.03. The van der Waals surface area contributed by atoms with Crippen LogP contribution in [0.25, 0.3) is 0 Å². The van der Waals surface area contributed by atoms with Gasteiger partial charge in [-0.2, -0.15) is 5.10 Å². The first-order chi connectivity index (χ1) is 8.31. The molecule has 90 valence electrons. The Morgan fingerprint density at radius 3 is 2.65 bits per heavy atom. The molecule has 0 bridgehead atoms. The summed E-state index contributed by atoms with van der Waals surface area (Å²) in [6.45, 7) is 1.19. The highest BCUT2D eigenvalue weighted by Crippen LogP contribution is 2.11. The van der Waals surface area contributed by atoms with E-state index in [0.717, 1.165) is 18.7 Å². The number of benzene rings is 1. The topological polar surface area (TPSA) is 66.0 Å². The van der Waals surface area contributed by atoms with Crippen LogP contribution in [0, 0.1) is 0 Å². The maximum Gasteiger partial charge on any atom is 0.164 e. The van der Waals surface area contributed by atoms with E-state index in [1.54, 1.807) is 13.4 Å². The molecule has 1 aromatic heterocycles. The van der Waals surface area contributed by atoms with Crippen LogP contribution in [0.2, 0.25) is 0 Å². The Bertz CT molecular complexity index is 464. The number of rotatable bonds is 5. The molecule has 2 rings (SSSR count). The van der Waals surface area contributed by atoms with Crippen molar-refractivity contribution in [1.29, 1.82) is 0 Å². The Morgan fingerprint density at radius 1 is 1.29 bits per heavy atom. The Kier molecular flexibility index (Phi) is 3.72. The zero-order valence-corrected chi connectivity index (χ0v) is 9.84. The first-order valence-electron chi connectivity index (χ1n) is 5.53. The van der Waals surface area contributed by atoms with Crippen LogP contribution in [-0.4, -0.2) is 21.9 Å². The van der Waals surface area contributed by atoms with E-state index in [2.05, 4.69) is 22.2 Å². The summed E-state index contributed by atoms with van der Waals surface area (Å²) in [5, 5.41) is 4.23. The van der Waals surface area contributed by atoms with Crippen molar-refractivity contribution in [1.82, 2.24) is 14.8 Å². The van der Waals surface area contributed by atoms with E-state index >= 15 is 0 Å². The van der Waals surface area contributed by atoms with Crippen LogP contribution in [0.3, 0.4) is 0 Å². The predicted molar refractivity (Wildman–Crippen MR) is 64.6 cm³/mol. The van der Waals surface area contributed by atoms with Crippen LogP contribution in [-0.2, 0) is 19.5 Å². The molecule has 5 nitrogen and oxygen atoms in total. The molecule has 0 atom stereocenters. The average Bonchev–Trinajstić information content (AvgIpc) is 2.85. The van der Waals surface area contributed by atoms with Gasteiger partial charge in [-0.15, -0.1) is 0 Å². The van der Waals surface area contributed by atoms with Crippen molar-refractivity contribution >= 4 is 0 Å². The zero-order valence-electron chi connectivity index (χ0n) is 9.84. The van der Waals surface area contributed by atoms with Gasteiger partial charge in [-0.3, -0.25) is 4.68 Å². The lowest BCUT2D eigenvalue weighted by molar-refractivity contribution is 0.414. The molecule has 0 aliphatic carbocycles. The Morgan fingerprint density at radius 2 is 2.06 bits per heavy atom. The monoisotopic (exact) mass is 232 g/mol. The standard InChI is InChI=1S/C12H16N4O/c1-17-11-4-2-10(3-5-11)6-7-16-9-14-12(8-13)15-16/h2-5,9H,6-8,13H2,1H3. The highest BCUT2D eigenvalue weighted by atomic mass is 16.5. The lowest BCUT2D eigenvalue weighted by Crippen LogP contribution is -2.04. The number of nitrogens with zero attached hydrogens (tertiary/aromatic N) is 3. The highest BCUT2D eigenvalue weighted by molar-refractivity contribution is 5.27. The minimum absolute atomic E-state index is 0.384. The molecular formula is C12H16N4O. The lowest BCUT2D eigenvalue weighted by atomic mass is 10.1. The molecule has 0 amide bonds. The number of hydrogen-bond donors (Lipinski definition) is 1. The summed E-state index contributed by atoms with van der Waals surface area (Å²) in [5.41, 5.74) is 6.70. The van der Waals surface area contributed by atoms with Crippen LogP contribution in [0.1, 0.15) is 11.4 Å². The molecule has 0 unspecified atom stereocenters. The molecule has 0 fully saturated rings. The number of hydrogen-bond acceptors (Lipinski definition) is 4. The van der Waals surface area contributed by atoms with E-state index in [1.807, 2.05) is 16.8 Å². The molecule has 5 heteroatoms. The number of nitrogens with two attached hydrogens (primary N) is 1. The first kappa shape index (κ1) is 11.6. The maximum atomic E-state index is 5.45. The Hall–Kier alpha value is -1.88. The van der Waals surface area contributed by atoms with E-state index < -0.39 is 0 Å². The van der Waals surface area contributed by atoms with Gasteiger partial charge in [0.15, 0.2) is 5.82 Å². The summed E-state index contributed by atoms with van der Waals surface area (Å²) >= 11 is 0. The molecule has 0 saturated carbocycles. The van der Waals surface area contributed by atoms with Crippen LogP contribution in [0.15, 0.2) is 30.6 Å². The fourth-order valence-corrected chi connectivity index (χ4v) is 1.57. The van der Waals surface area contributed by atoms with Gasteiger partial charge in [0.1, 0.15) is 12.1 Å². The molecule has 0 aliphatic rings. The number of aromatic nitrogens is 3. The van der Waals surface area contributed by atoms with Gasteiger partial charge in [-0.05, 0) is 24.1 Å². The van der Waals surface area contributed by atoms with Gasteiger partial charge < -0.3 is 10.5 Å². The SMILES string of the molecule is COc1ccc(CCn2cnc(CN)n2)cc1. The number of ether oxygens (including phenoxy) is 1. The second-order valence-corrected chi connectivity index (χ2v) is 3.73. The molecular weight excluding hydrogens is 216 g/mol. The van der Waals surface area contributed by atoms with Crippen molar-refractivity contribution < 1.29 is 4.74 Å². The van der Waals surface area contributed by atoms with Crippen LogP contribution in [0.4, 0.5) is 0 Å². The van der Waals surface area contributed by atoms with Gasteiger partial charge in [-0.25, -0.2) is 4.98 Å². The quantitative estimate of drug-likeness (QED) is 0.834. The molecule has 0 radical (unpaired) electrons. The average molecular weight is 232 g/mol. The van der Waals surface area contributed by atoms with Gasteiger partial charge in [0.05, 0.1) is 13.7 Å². The van der Waals surface area contributed by atoms with Crippen LogP contribution < -0.4 is 10.5 Å². The highest BCUT2D eigenvalue weighted by Gasteiger charge is 1.99. The first-order valence-corrected chi connectivity index (χ1v) is 5.53. The molecule has 2 aromatic rings. The van der Waals surface area contributed by atoms with E-state index in [0.29, 0.717) is 12.4 Å². The fourth-order valence-electron chi connectivity index (χ4n) is 1.57. The van der Waals surface area contributed by atoms with Crippen molar-refractivity contribution in [3.63, 3.8) is 0 Å². The Labute approximate surface area is 100 Å². The minimum atomic E-state index is 0.384. The number of methoxy groups -OCH3 is 1. The van der Waals surface area contributed by atoms with Crippen molar-refractivity contribution in [2.24, 2.45) is 5.73 Å². The van der Waals surface area contributed by atoms with Gasteiger partial charge in [0, 0.05) is 6.54 Å². The third-order valence-electron chi connectivity index (χ3n) is 2.56. The van der Waals surface area contributed by atoms with Crippen LogP contribution >= 0.6 is 0 Å². The third-order valence-corrected chi connectivity index (χ3v) is 2.56. The van der Waals surface area contributed by atoms with E-state index in [9.17, 15) is 0 Å². The second-order valence-electron chi connectivity index (χ2n) is 3.73. The van der Waals surface area contributed by atoms with Crippen molar-refractivity contribution in [2.45, 2.75) is 19.5 Å². The van der Waals surface area contributed by atoms with Gasteiger partial charge >= 0.3 is 0 Å². The van der Waals surface area contributed by atoms with Crippen LogP contribution in [0.5, 0.6) is 5.75 Å². The van der Waals surface area contributed by atoms with Crippen molar-refractivity contribution in [3.8, 4) is 5.75 Å². The molecule has 2 N–H and O–H groups in total. The smallest absolute Gasteiger partial charge is 0.164 e. The maximum absolute atomic E-state index is 5.45. The van der Waals surface area contributed by atoms with Crippen molar-refractivity contribution in [2.75, 3.05) is 7.11 Å². The normalized spacial score (nSPS) is 10.5. The van der Waals surface area contributed by atoms with Gasteiger partial charge in [0.25, 0.3) is 0 Å². The van der Waals surface area contributed by atoms with E-state index in [4.69, 9.17) is 10.5 Å². The molecule has 0 aliphatic heterocycles. The zero-order chi connectivity index (χ0) is 12.1. The van der Waals surface area contributed by atoms with E-state index in [1.165, 1.54) is 5.56 Å². The van der Waals surface area contributed by atoms with Gasteiger partial charge in [0.2, 0.25) is 0 Å². The molecule has 17 heavy (non-hydrogen) atoms. The third kappa shape index (κ3) is 3.04. The molecule has 1 aromatic carbocycles. The summed E-state index contributed by atoms with van der Waals surface area (Å²) in [6.07, 6.45) is 2.63. The summed E-state index contributed by atoms with van der Waals surface area (Å²) < 4.78 is 6.92. The molecule has 0 saturated heterocycles.